The molecule has 3 aromatic carbocycles. The number of nitro groups is 1. The van der Waals surface area contributed by atoms with E-state index >= 15 is 0 Å². The van der Waals surface area contributed by atoms with Crippen LogP contribution in [0.1, 0.15) is 53.1 Å². The van der Waals surface area contributed by atoms with Crippen LogP contribution in [-0.4, -0.2) is 43.1 Å². The second kappa shape index (κ2) is 13.9. The third-order valence-corrected chi connectivity index (χ3v) is 8.50. The van der Waals surface area contributed by atoms with E-state index in [0.29, 0.717) is 23.4 Å². The summed E-state index contributed by atoms with van der Waals surface area (Å²) in [6.07, 6.45) is 4.15. The molecule has 0 aliphatic carbocycles. The van der Waals surface area contributed by atoms with E-state index < -0.39 is 0 Å². The molecule has 1 fully saturated rings. The molecule has 5 aromatic rings. The number of rotatable bonds is 11. The molecule has 0 saturated carbocycles. The molecule has 45 heavy (non-hydrogen) atoms. The molecule has 1 unspecified atom stereocenters. The number of aromatic nitrogens is 4. The first kappa shape index (κ1) is 30.3. The largest absolute Gasteiger partial charge is 0.365 e. The molecule has 228 valence electrons. The van der Waals surface area contributed by atoms with Crippen LogP contribution in [0.4, 0.5) is 5.69 Å². The fraction of sp³-hybridized carbons (Fsp3) is 0.273. The van der Waals surface area contributed by atoms with Gasteiger partial charge in [-0.25, -0.2) is 4.68 Å². The van der Waals surface area contributed by atoms with Crippen molar-refractivity contribution in [1.29, 1.82) is 5.26 Å². The van der Waals surface area contributed by atoms with Gasteiger partial charge in [-0.2, -0.15) is 5.26 Å². The van der Waals surface area contributed by atoms with Gasteiger partial charge in [-0.1, -0.05) is 62.7 Å². The van der Waals surface area contributed by atoms with Gasteiger partial charge in [0.05, 0.1) is 34.4 Å². The predicted octanol–water partition coefficient (Wildman–Crippen LogP) is 6.81. The summed E-state index contributed by atoms with van der Waals surface area (Å²) < 4.78 is 14.9. The Balaban J connectivity index is 1.07. The topological polar surface area (TPSA) is 136 Å². The highest BCUT2D eigenvalue weighted by Crippen LogP contribution is 2.28. The molecule has 12 heteroatoms. The molecule has 6 rings (SSSR count). The average molecular weight is 669 g/mol. The number of nitro benzene ring substituents is 1. The molecule has 0 radical (unpaired) electrons. The first-order valence-electron chi connectivity index (χ1n) is 14.6. The van der Waals surface area contributed by atoms with Crippen molar-refractivity contribution in [3.05, 3.63) is 128 Å². The van der Waals surface area contributed by atoms with E-state index in [2.05, 4.69) is 42.4 Å². The van der Waals surface area contributed by atoms with Gasteiger partial charge in [-0.15, -0.1) is 5.10 Å². The summed E-state index contributed by atoms with van der Waals surface area (Å²) in [4.78, 5) is 12.9. The van der Waals surface area contributed by atoms with Crippen molar-refractivity contribution in [3.63, 3.8) is 0 Å². The van der Waals surface area contributed by atoms with E-state index in [1.54, 1.807) is 24.3 Å². The quantitative estimate of drug-likeness (QED) is 0.110. The number of piperidine rings is 1. The second-order valence-corrected chi connectivity index (χ2v) is 12.0. The molecular weight excluding hydrogens is 638 g/mol. The molecule has 1 atom stereocenters. The normalized spacial score (nSPS) is 14.7. The van der Waals surface area contributed by atoms with Crippen LogP contribution in [0.3, 0.4) is 0 Å². The smallest absolute Gasteiger partial charge is 0.269 e. The van der Waals surface area contributed by atoms with Crippen LogP contribution in [0.25, 0.3) is 11.3 Å². The van der Waals surface area contributed by atoms with Crippen molar-refractivity contribution >= 4 is 21.6 Å². The van der Waals surface area contributed by atoms with Gasteiger partial charge in [0, 0.05) is 60.5 Å². The Morgan fingerprint density at radius 2 is 1.80 bits per heavy atom. The van der Waals surface area contributed by atoms with Crippen LogP contribution in [0.15, 0.2) is 94.1 Å². The summed E-state index contributed by atoms with van der Waals surface area (Å²) >= 11 is 3.51. The second-order valence-electron chi connectivity index (χ2n) is 11.0. The molecule has 11 nitrogen and oxygen atoms in total. The van der Waals surface area contributed by atoms with Crippen LogP contribution in [0.5, 0.6) is 0 Å². The van der Waals surface area contributed by atoms with Gasteiger partial charge in [0.25, 0.3) is 5.69 Å². The fourth-order valence-corrected chi connectivity index (χ4v) is 5.73. The molecule has 0 bridgehead atoms. The van der Waals surface area contributed by atoms with Crippen LogP contribution < -0.4 is 0 Å². The van der Waals surface area contributed by atoms with Crippen molar-refractivity contribution in [1.82, 2.24) is 25.1 Å². The Kier molecular flexibility index (Phi) is 9.40. The van der Waals surface area contributed by atoms with E-state index in [1.807, 2.05) is 65.5 Å². The lowest BCUT2D eigenvalue weighted by atomic mass is 10.0. The highest BCUT2D eigenvalue weighted by molar-refractivity contribution is 9.10. The third-order valence-electron chi connectivity index (χ3n) is 7.97. The van der Waals surface area contributed by atoms with Gasteiger partial charge in [0.1, 0.15) is 12.3 Å². The highest BCUT2D eigenvalue weighted by Gasteiger charge is 2.23. The summed E-state index contributed by atoms with van der Waals surface area (Å²) in [6, 6.07) is 26.2. The summed E-state index contributed by atoms with van der Waals surface area (Å²) in [7, 11) is 0. The van der Waals surface area contributed by atoms with E-state index in [-0.39, 0.29) is 29.4 Å². The number of halogens is 1. The van der Waals surface area contributed by atoms with E-state index in [1.165, 1.54) is 0 Å². The Bertz CT molecular complexity index is 1770. The van der Waals surface area contributed by atoms with Gasteiger partial charge in [0.2, 0.25) is 0 Å². The van der Waals surface area contributed by atoms with Gasteiger partial charge < -0.3 is 9.26 Å². The number of nitriles is 1. The zero-order valence-corrected chi connectivity index (χ0v) is 25.9. The van der Waals surface area contributed by atoms with E-state index in [9.17, 15) is 10.1 Å². The fourth-order valence-electron chi connectivity index (χ4n) is 5.46. The van der Waals surface area contributed by atoms with Crippen molar-refractivity contribution in [2.45, 2.75) is 44.6 Å². The lowest BCUT2D eigenvalue weighted by molar-refractivity contribution is -0.384. The van der Waals surface area contributed by atoms with E-state index in [0.717, 1.165) is 59.3 Å². The SMILES string of the molecule is N#Cc1ccc(-c2cc(COC(Cc3cn(C4CCN(Cc5ccc([N+](=O)[O-])cc5)CC4)nn3)c3ccc(Br)cc3)on2)cc1. The summed E-state index contributed by atoms with van der Waals surface area (Å²) in [5, 5.41) is 33.1. The lowest BCUT2D eigenvalue weighted by Crippen LogP contribution is -2.34. The zero-order valence-electron chi connectivity index (χ0n) is 24.3. The molecular formula is C33H30BrN7O4. The van der Waals surface area contributed by atoms with Crippen molar-refractivity contribution < 1.29 is 14.2 Å². The van der Waals surface area contributed by atoms with Gasteiger partial charge in [-0.05, 0) is 48.2 Å². The minimum absolute atomic E-state index is 0.110. The minimum Gasteiger partial charge on any atom is -0.365 e. The van der Waals surface area contributed by atoms with Gasteiger partial charge in [0.15, 0.2) is 5.76 Å². The maximum absolute atomic E-state index is 10.9. The van der Waals surface area contributed by atoms with Gasteiger partial charge in [-0.3, -0.25) is 15.0 Å². The summed E-state index contributed by atoms with van der Waals surface area (Å²) in [6.45, 7) is 2.80. The number of non-ortho nitro benzene ring substituents is 1. The third kappa shape index (κ3) is 7.69. The molecule has 0 N–H and O–H groups in total. The van der Waals surface area contributed by atoms with Gasteiger partial charge >= 0.3 is 0 Å². The Morgan fingerprint density at radius 1 is 1.07 bits per heavy atom. The molecule has 0 spiro atoms. The monoisotopic (exact) mass is 667 g/mol. The number of hydrogen-bond donors (Lipinski definition) is 0. The van der Waals surface area contributed by atoms with Crippen molar-refractivity contribution in [2.75, 3.05) is 13.1 Å². The van der Waals surface area contributed by atoms with Crippen LogP contribution in [0.2, 0.25) is 0 Å². The Morgan fingerprint density at radius 3 is 2.49 bits per heavy atom. The molecule has 3 heterocycles. The number of nitrogens with zero attached hydrogens (tertiary/aromatic N) is 7. The minimum atomic E-state index is -0.374. The predicted molar refractivity (Wildman–Crippen MR) is 169 cm³/mol. The molecule has 2 aromatic heterocycles. The molecule has 1 aliphatic rings. The standard InChI is InChI=1S/C33H30BrN7O4/c34-27-9-7-26(8-10-27)33(44-22-31-18-32(37-45-31)25-5-1-23(19-35)2-6-25)17-28-21-40(38-36-28)29-13-15-39(16-14-29)20-24-3-11-30(12-4-24)41(42)43/h1-12,18,21,29,33H,13-17,20,22H2. The maximum Gasteiger partial charge on any atom is 0.269 e. The van der Waals surface area contributed by atoms with Crippen molar-refractivity contribution in [3.8, 4) is 17.3 Å². The lowest BCUT2D eigenvalue weighted by Gasteiger charge is -2.31. The number of ether oxygens (including phenoxy) is 1. The summed E-state index contributed by atoms with van der Waals surface area (Å²) in [5.74, 6) is 0.598. The Labute approximate surface area is 268 Å². The Hall–Kier alpha value is -4.70. The molecule has 1 saturated heterocycles. The highest BCUT2D eigenvalue weighted by atomic mass is 79.9. The zero-order chi connectivity index (χ0) is 31.2. The number of benzene rings is 3. The molecule has 1 aliphatic heterocycles. The first-order valence-corrected chi connectivity index (χ1v) is 15.4. The number of likely N-dealkylation sites (tertiary alicyclic amines) is 1. The first-order chi connectivity index (χ1) is 21.9. The van der Waals surface area contributed by atoms with Crippen molar-refractivity contribution in [2.24, 2.45) is 0 Å². The summed E-state index contributed by atoms with van der Waals surface area (Å²) in [5.41, 5.74) is 5.16. The number of hydrogen-bond acceptors (Lipinski definition) is 9. The van der Waals surface area contributed by atoms with Crippen LogP contribution in [-0.2, 0) is 24.3 Å². The maximum atomic E-state index is 10.9. The van der Waals surface area contributed by atoms with E-state index in [4.69, 9.17) is 14.5 Å². The van der Waals surface area contributed by atoms with Crippen LogP contribution in [0, 0.1) is 21.4 Å². The van der Waals surface area contributed by atoms with Crippen LogP contribution >= 0.6 is 15.9 Å². The average Bonchev–Trinajstić information content (AvgIpc) is 3.74. The molecule has 0 amide bonds.